The predicted octanol–water partition coefficient (Wildman–Crippen LogP) is 6.25. The SMILES string of the molecule is Cc1ccc(OP(=O)(Oc2ccc(C)cc2)Oc2ccc(C)cc2)cc1.[Zn]. The van der Waals surface area contributed by atoms with Gasteiger partial charge in [0.15, 0.2) is 0 Å². The van der Waals surface area contributed by atoms with E-state index >= 15 is 0 Å². The molecule has 0 aliphatic rings. The van der Waals surface area contributed by atoms with Crippen molar-refractivity contribution in [3.05, 3.63) is 89.5 Å². The maximum atomic E-state index is 13.3. The van der Waals surface area contributed by atoms with Gasteiger partial charge in [-0.2, -0.15) is 4.57 Å². The monoisotopic (exact) mass is 432 g/mol. The molecule has 0 saturated heterocycles. The molecule has 136 valence electrons. The molecule has 0 aliphatic carbocycles. The summed E-state index contributed by atoms with van der Waals surface area (Å²) in [7, 11) is -3.93. The summed E-state index contributed by atoms with van der Waals surface area (Å²) in [5.41, 5.74) is 3.23. The van der Waals surface area contributed by atoms with Crippen LogP contribution in [-0.4, -0.2) is 0 Å². The van der Waals surface area contributed by atoms with Crippen LogP contribution in [0.5, 0.6) is 17.2 Å². The fourth-order valence-electron chi connectivity index (χ4n) is 2.24. The van der Waals surface area contributed by atoms with E-state index in [1.807, 2.05) is 57.2 Å². The van der Waals surface area contributed by atoms with E-state index in [0.29, 0.717) is 17.2 Å². The fourth-order valence-corrected chi connectivity index (χ4v) is 3.49. The molecule has 27 heavy (non-hydrogen) atoms. The molecular formula is C21H21O4PZn. The first-order valence-electron chi connectivity index (χ1n) is 8.31. The first kappa shape index (κ1) is 21.2. The van der Waals surface area contributed by atoms with E-state index in [4.69, 9.17) is 13.6 Å². The van der Waals surface area contributed by atoms with Gasteiger partial charge in [-0.05, 0) is 57.2 Å². The van der Waals surface area contributed by atoms with Gasteiger partial charge in [-0.1, -0.05) is 53.1 Å². The summed E-state index contributed by atoms with van der Waals surface area (Å²) in [6.07, 6.45) is 0. The van der Waals surface area contributed by atoms with Gasteiger partial charge in [-0.3, -0.25) is 0 Å². The normalized spacial score (nSPS) is 10.6. The number of phosphoric ester groups is 1. The summed E-state index contributed by atoms with van der Waals surface area (Å²) < 4.78 is 30.2. The third-order valence-corrected chi connectivity index (χ3v) is 5.02. The molecule has 0 radical (unpaired) electrons. The molecule has 0 amide bonds. The van der Waals surface area contributed by atoms with Crippen molar-refractivity contribution in [2.45, 2.75) is 20.8 Å². The van der Waals surface area contributed by atoms with Crippen molar-refractivity contribution in [2.75, 3.05) is 0 Å². The Balaban J connectivity index is 0.00000261. The Bertz CT molecular complexity index is 784. The molecule has 0 spiro atoms. The second-order valence-corrected chi connectivity index (χ2v) is 7.60. The number of hydrogen-bond acceptors (Lipinski definition) is 4. The first-order chi connectivity index (χ1) is 12.4. The van der Waals surface area contributed by atoms with Gasteiger partial charge in [0, 0.05) is 19.5 Å². The van der Waals surface area contributed by atoms with E-state index in [2.05, 4.69) is 0 Å². The molecule has 4 nitrogen and oxygen atoms in total. The first-order valence-corrected chi connectivity index (χ1v) is 9.77. The van der Waals surface area contributed by atoms with E-state index in [0.717, 1.165) is 16.7 Å². The molecule has 0 aromatic heterocycles. The summed E-state index contributed by atoms with van der Waals surface area (Å²) in [6.45, 7) is 5.90. The molecule has 0 unspecified atom stereocenters. The van der Waals surface area contributed by atoms with Crippen LogP contribution in [-0.2, 0) is 24.0 Å². The third-order valence-electron chi connectivity index (χ3n) is 3.71. The molecule has 3 aromatic rings. The summed E-state index contributed by atoms with van der Waals surface area (Å²) in [4.78, 5) is 0. The molecule has 0 saturated carbocycles. The average Bonchev–Trinajstić information content (AvgIpc) is 2.61. The van der Waals surface area contributed by atoms with Crippen LogP contribution in [0.2, 0.25) is 0 Å². The smallest absolute Gasteiger partial charge is 0.386 e. The Kier molecular flexibility index (Phi) is 7.24. The van der Waals surface area contributed by atoms with Crippen molar-refractivity contribution in [1.29, 1.82) is 0 Å². The van der Waals surface area contributed by atoms with Crippen molar-refractivity contribution >= 4 is 7.82 Å². The summed E-state index contributed by atoms with van der Waals surface area (Å²) in [6, 6.07) is 21.6. The van der Waals surface area contributed by atoms with Crippen molar-refractivity contribution < 1.29 is 37.6 Å². The second-order valence-electron chi connectivity index (χ2n) is 6.16. The number of hydrogen-bond donors (Lipinski definition) is 0. The van der Waals surface area contributed by atoms with Crippen LogP contribution in [0, 0.1) is 20.8 Å². The Hall–Kier alpha value is -2.09. The molecule has 6 heteroatoms. The van der Waals surface area contributed by atoms with Crippen LogP contribution < -0.4 is 13.6 Å². The molecule has 0 atom stereocenters. The minimum atomic E-state index is -3.93. The predicted molar refractivity (Wildman–Crippen MR) is 103 cm³/mol. The van der Waals surface area contributed by atoms with E-state index in [1.54, 1.807) is 36.4 Å². The molecular weight excluding hydrogens is 413 g/mol. The van der Waals surface area contributed by atoms with Crippen LogP contribution in [0.3, 0.4) is 0 Å². The maximum Gasteiger partial charge on any atom is 0.647 e. The molecule has 0 heterocycles. The van der Waals surface area contributed by atoms with Crippen LogP contribution in [0.1, 0.15) is 16.7 Å². The fraction of sp³-hybridized carbons (Fsp3) is 0.143. The summed E-state index contributed by atoms with van der Waals surface area (Å²) >= 11 is 0. The van der Waals surface area contributed by atoms with Gasteiger partial charge >= 0.3 is 7.82 Å². The topological polar surface area (TPSA) is 44.8 Å². The standard InChI is InChI=1S/C21H21O4P.Zn/c1-16-4-10-19(11-5-16)23-26(22,24-20-12-6-17(2)7-13-20)25-21-14-8-18(3)9-15-21;/h4-15H,1-3H3;. The number of benzene rings is 3. The van der Waals surface area contributed by atoms with Crippen molar-refractivity contribution in [3.8, 4) is 17.2 Å². The zero-order valence-corrected chi connectivity index (χ0v) is 19.6. The summed E-state index contributed by atoms with van der Waals surface area (Å²) in [5.74, 6) is 1.24. The Morgan fingerprint density at radius 2 is 0.741 bits per heavy atom. The van der Waals surface area contributed by atoms with E-state index in [9.17, 15) is 4.57 Å². The molecule has 3 aromatic carbocycles. The Morgan fingerprint density at radius 3 is 0.963 bits per heavy atom. The van der Waals surface area contributed by atoms with Crippen molar-refractivity contribution in [3.63, 3.8) is 0 Å². The van der Waals surface area contributed by atoms with Gasteiger partial charge in [0.25, 0.3) is 0 Å². The minimum absolute atomic E-state index is 0. The van der Waals surface area contributed by atoms with Crippen molar-refractivity contribution in [2.24, 2.45) is 0 Å². The largest absolute Gasteiger partial charge is 0.647 e. The Morgan fingerprint density at radius 1 is 0.519 bits per heavy atom. The van der Waals surface area contributed by atoms with Gasteiger partial charge in [-0.15, -0.1) is 0 Å². The number of aryl methyl sites for hydroxylation is 3. The number of phosphoric acid groups is 1. The van der Waals surface area contributed by atoms with Crippen LogP contribution >= 0.6 is 7.82 Å². The van der Waals surface area contributed by atoms with Gasteiger partial charge in [-0.25, -0.2) is 0 Å². The van der Waals surface area contributed by atoms with Crippen LogP contribution in [0.4, 0.5) is 0 Å². The van der Waals surface area contributed by atoms with Gasteiger partial charge in [0.2, 0.25) is 0 Å². The molecule has 0 bridgehead atoms. The molecule has 3 rings (SSSR count). The van der Waals surface area contributed by atoms with E-state index < -0.39 is 7.82 Å². The van der Waals surface area contributed by atoms with E-state index in [1.165, 1.54) is 0 Å². The molecule has 0 aliphatic heterocycles. The third kappa shape index (κ3) is 6.24. The zero-order valence-electron chi connectivity index (χ0n) is 15.7. The van der Waals surface area contributed by atoms with Gasteiger partial charge in [0.05, 0.1) is 0 Å². The number of rotatable bonds is 6. The summed E-state index contributed by atoms with van der Waals surface area (Å²) in [5, 5.41) is 0. The quantitative estimate of drug-likeness (QED) is 0.340. The molecule has 0 fully saturated rings. The Labute approximate surface area is 172 Å². The second kappa shape index (κ2) is 9.21. The maximum absolute atomic E-state index is 13.3. The average molecular weight is 434 g/mol. The van der Waals surface area contributed by atoms with Crippen molar-refractivity contribution in [1.82, 2.24) is 0 Å². The van der Waals surface area contributed by atoms with Gasteiger partial charge < -0.3 is 13.6 Å². The minimum Gasteiger partial charge on any atom is -0.386 e. The van der Waals surface area contributed by atoms with E-state index in [-0.39, 0.29) is 19.5 Å². The zero-order chi connectivity index (χ0) is 18.6. The van der Waals surface area contributed by atoms with Crippen LogP contribution in [0.15, 0.2) is 72.8 Å². The van der Waals surface area contributed by atoms with Crippen LogP contribution in [0.25, 0.3) is 0 Å². The van der Waals surface area contributed by atoms with Gasteiger partial charge in [0.1, 0.15) is 17.2 Å². The molecule has 0 N–H and O–H groups in total.